The van der Waals surface area contributed by atoms with Crippen LogP contribution in [0.2, 0.25) is 10.0 Å². The van der Waals surface area contributed by atoms with Gasteiger partial charge in [-0.2, -0.15) is 0 Å². The lowest BCUT2D eigenvalue weighted by Crippen LogP contribution is -2.46. The molecule has 1 atom stereocenters. The van der Waals surface area contributed by atoms with Gasteiger partial charge in [-0.1, -0.05) is 29.1 Å². The largest absolute Gasteiger partial charge is 0.343 e. The normalized spacial score (nSPS) is 17.4. The maximum atomic E-state index is 12.6. The third kappa shape index (κ3) is 3.49. The molecule has 2 rings (SSSR count). The number of hydrogen-bond donors (Lipinski definition) is 1. The molecule has 1 saturated heterocycles. The molecule has 0 bridgehead atoms. The Kier molecular flexibility index (Phi) is 5.11. The Hall–Kier alpha value is -1.70. The fraction of sp³-hybridized carbons (Fsp3) is 0.333. The van der Waals surface area contributed by atoms with Crippen molar-refractivity contribution in [3.63, 3.8) is 0 Å². The molecule has 6 heteroatoms. The molecule has 1 aliphatic heterocycles. The maximum Gasteiger partial charge on any atom is 0.256 e. The molecule has 1 N–H and O–H groups in total. The molecule has 4 nitrogen and oxygen atoms in total. The van der Waals surface area contributed by atoms with Crippen molar-refractivity contribution < 1.29 is 9.59 Å². The predicted molar refractivity (Wildman–Crippen MR) is 82.4 cm³/mol. The molecule has 1 aromatic carbocycles. The summed E-state index contributed by atoms with van der Waals surface area (Å²) in [6.07, 6.45) is 6.49. The lowest BCUT2D eigenvalue weighted by atomic mass is 10.1. The van der Waals surface area contributed by atoms with Gasteiger partial charge in [0.2, 0.25) is 5.91 Å². The van der Waals surface area contributed by atoms with Crippen LogP contribution in [0.4, 0.5) is 0 Å². The van der Waals surface area contributed by atoms with Crippen molar-refractivity contribution in [2.24, 2.45) is 0 Å². The molecule has 0 saturated carbocycles. The molecule has 110 valence electrons. The third-order valence-corrected chi connectivity index (χ3v) is 3.90. The van der Waals surface area contributed by atoms with Crippen molar-refractivity contribution in [1.82, 2.24) is 10.2 Å². The molecule has 21 heavy (non-hydrogen) atoms. The first kappa shape index (κ1) is 15.7. The number of hydrogen-bond acceptors (Lipinski definition) is 2. The molecule has 2 amide bonds. The Labute approximate surface area is 133 Å². The van der Waals surface area contributed by atoms with Crippen LogP contribution < -0.4 is 5.32 Å². The van der Waals surface area contributed by atoms with E-state index in [0.717, 1.165) is 6.42 Å². The number of likely N-dealkylation sites (tertiary alicyclic amines) is 1. The standard InChI is InChI=1S/C15H14Cl2N2O2/c1-2-7-18-14(20)13-4-3-8-19(13)15(21)11-9-10(16)5-6-12(11)17/h1,5-6,9,13H,3-4,7-8H2,(H,18,20)/t13-/m1/s1. The van der Waals surface area contributed by atoms with E-state index in [0.29, 0.717) is 28.6 Å². The first-order valence-electron chi connectivity index (χ1n) is 6.51. The van der Waals surface area contributed by atoms with Crippen molar-refractivity contribution >= 4 is 35.0 Å². The highest BCUT2D eigenvalue weighted by atomic mass is 35.5. The van der Waals surface area contributed by atoms with Crippen LogP contribution in [0.1, 0.15) is 23.2 Å². The van der Waals surface area contributed by atoms with Gasteiger partial charge in [-0.3, -0.25) is 9.59 Å². The Morgan fingerprint density at radius 3 is 2.90 bits per heavy atom. The van der Waals surface area contributed by atoms with Gasteiger partial charge in [0, 0.05) is 11.6 Å². The molecular weight excluding hydrogens is 311 g/mol. The minimum Gasteiger partial charge on any atom is -0.343 e. The Morgan fingerprint density at radius 2 is 2.19 bits per heavy atom. The highest BCUT2D eigenvalue weighted by molar-refractivity contribution is 6.35. The summed E-state index contributed by atoms with van der Waals surface area (Å²) < 4.78 is 0. The van der Waals surface area contributed by atoms with E-state index in [4.69, 9.17) is 29.6 Å². The zero-order valence-electron chi connectivity index (χ0n) is 11.2. The number of halogens is 2. The molecule has 1 aromatic rings. The molecule has 1 fully saturated rings. The molecule has 0 aromatic heterocycles. The number of carbonyl (C=O) groups excluding carboxylic acids is 2. The van der Waals surface area contributed by atoms with Gasteiger partial charge in [0.15, 0.2) is 0 Å². The average molecular weight is 325 g/mol. The first-order valence-corrected chi connectivity index (χ1v) is 7.27. The molecular formula is C15H14Cl2N2O2. The Morgan fingerprint density at radius 1 is 1.43 bits per heavy atom. The SMILES string of the molecule is C#CCNC(=O)[C@H]1CCCN1C(=O)c1cc(Cl)ccc1Cl. The van der Waals surface area contributed by atoms with E-state index < -0.39 is 6.04 Å². The second-order valence-corrected chi connectivity index (χ2v) is 5.55. The Balaban J connectivity index is 2.19. The van der Waals surface area contributed by atoms with Gasteiger partial charge in [0.05, 0.1) is 17.1 Å². The zero-order valence-corrected chi connectivity index (χ0v) is 12.7. The topological polar surface area (TPSA) is 49.4 Å². The van der Waals surface area contributed by atoms with Crippen molar-refractivity contribution in [3.05, 3.63) is 33.8 Å². The Bertz CT molecular complexity index is 610. The number of terminal acetylenes is 1. The summed E-state index contributed by atoms with van der Waals surface area (Å²) in [5.41, 5.74) is 0.306. The quantitative estimate of drug-likeness (QED) is 0.868. The van der Waals surface area contributed by atoms with E-state index in [9.17, 15) is 9.59 Å². The number of carbonyl (C=O) groups is 2. The van der Waals surface area contributed by atoms with Crippen LogP contribution in [0.3, 0.4) is 0 Å². The number of rotatable bonds is 3. The number of benzene rings is 1. The van der Waals surface area contributed by atoms with Crippen LogP contribution in [-0.4, -0.2) is 35.8 Å². The van der Waals surface area contributed by atoms with Gasteiger partial charge in [-0.05, 0) is 31.0 Å². The number of amides is 2. The summed E-state index contributed by atoms with van der Waals surface area (Å²) in [6, 6.07) is 4.18. The van der Waals surface area contributed by atoms with E-state index in [2.05, 4.69) is 11.2 Å². The summed E-state index contributed by atoms with van der Waals surface area (Å²) in [4.78, 5) is 26.1. The highest BCUT2D eigenvalue weighted by Gasteiger charge is 2.35. The highest BCUT2D eigenvalue weighted by Crippen LogP contribution is 2.26. The van der Waals surface area contributed by atoms with E-state index in [1.54, 1.807) is 12.1 Å². The van der Waals surface area contributed by atoms with Crippen LogP contribution in [0, 0.1) is 12.3 Å². The second kappa shape index (κ2) is 6.84. The fourth-order valence-electron chi connectivity index (χ4n) is 2.35. The number of nitrogens with one attached hydrogen (secondary N) is 1. The zero-order chi connectivity index (χ0) is 15.4. The van der Waals surface area contributed by atoms with Crippen LogP contribution >= 0.6 is 23.2 Å². The van der Waals surface area contributed by atoms with Crippen LogP contribution in [0.15, 0.2) is 18.2 Å². The van der Waals surface area contributed by atoms with Crippen LogP contribution in [-0.2, 0) is 4.79 Å². The first-order chi connectivity index (χ1) is 10.0. The molecule has 0 spiro atoms. The number of nitrogens with zero attached hydrogens (tertiary/aromatic N) is 1. The predicted octanol–water partition coefficient (Wildman–Crippen LogP) is 2.35. The summed E-state index contributed by atoms with van der Waals surface area (Å²) in [5, 5.41) is 3.35. The lowest BCUT2D eigenvalue weighted by molar-refractivity contribution is -0.124. The van der Waals surface area contributed by atoms with Crippen LogP contribution in [0.5, 0.6) is 0 Å². The van der Waals surface area contributed by atoms with E-state index in [1.165, 1.54) is 11.0 Å². The fourth-order valence-corrected chi connectivity index (χ4v) is 2.72. The summed E-state index contributed by atoms with van der Waals surface area (Å²) in [5.74, 6) is 1.81. The smallest absolute Gasteiger partial charge is 0.256 e. The minimum atomic E-state index is -0.513. The minimum absolute atomic E-state index is 0.148. The van der Waals surface area contributed by atoms with Crippen molar-refractivity contribution in [1.29, 1.82) is 0 Å². The van der Waals surface area contributed by atoms with Crippen molar-refractivity contribution in [2.75, 3.05) is 13.1 Å². The van der Waals surface area contributed by atoms with Gasteiger partial charge < -0.3 is 10.2 Å². The van der Waals surface area contributed by atoms with E-state index >= 15 is 0 Å². The molecule has 1 aliphatic rings. The van der Waals surface area contributed by atoms with Crippen LogP contribution in [0.25, 0.3) is 0 Å². The second-order valence-electron chi connectivity index (χ2n) is 4.70. The third-order valence-electron chi connectivity index (χ3n) is 3.34. The summed E-state index contributed by atoms with van der Waals surface area (Å²) in [6.45, 7) is 0.658. The summed E-state index contributed by atoms with van der Waals surface area (Å²) in [7, 11) is 0. The maximum absolute atomic E-state index is 12.6. The van der Waals surface area contributed by atoms with Gasteiger partial charge in [-0.25, -0.2) is 0 Å². The monoisotopic (exact) mass is 324 g/mol. The van der Waals surface area contributed by atoms with Gasteiger partial charge in [-0.15, -0.1) is 6.42 Å². The summed E-state index contributed by atoms with van der Waals surface area (Å²) >= 11 is 12.0. The van der Waals surface area contributed by atoms with Crippen molar-refractivity contribution in [2.45, 2.75) is 18.9 Å². The van der Waals surface area contributed by atoms with Gasteiger partial charge in [0.25, 0.3) is 5.91 Å². The molecule has 0 aliphatic carbocycles. The van der Waals surface area contributed by atoms with E-state index in [-0.39, 0.29) is 18.4 Å². The molecule has 1 heterocycles. The van der Waals surface area contributed by atoms with Gasteiger partial charge in [0.1, 0.15) is 6.04 Å². The molecule has 0 radical (unpaired) electrons. The van der Waals surface area contributed by atoms with Gasteiger partial charge >= 0.3 is 0 Å². The molecule has 0 unspecified atom stereocenters. The van der Waals surface area contributed by atoms with E-state index in [1.807, 2.05) is 0 Å². The lowest BCUT2D eigenvalue weighted by Gasteiger charge is -2.24. The van der Waals surface area contributed by atoms with Crippen molar-refractivity contribution in [3.8, 4) is 12.3 Å². The average Bonchev–Trinajstić information content (AvgIpc) is 2.96.